The number of carbonyl (C=O) groups excluding carboxylic acids is 1. The number of nitrogens with zero attached hydrogens (tertiary/aromatic N) is 1. The van der Waals surface area contributed by atoms with Crippen LogP contribution in [0.25, 0.3) is 0 Å². The highest BCUT2D eigenvalue weighted by atomic mass is 79.9. The van der Waals surface area contributed by atoms with Crippen LogP contribution in [0.5, 0.6) is 0 Å². The minimum absolute atomic E-state index is 0.0400. The molecule has 0 saturated carbocycles. The Morgan fingerprint density at radius 1 is 1.39 bits per heavy atom. The molecular formula is C14H20BrNO2. The fourth-order valence-electron chi connectivity index (χ4n) is 1.72. The van der Waals surface area contributed by atoms with Crippen LogP contribution in [0.15, 0.2) is 24.3 Å². The third kappa shape index (κ3) is 4.42. The van der Waals surface area contributed by atoms with Crippen LogP contribution in [0.1, 0.15) is 22.8 Å². The van der Waals surface area contributed by atoms with Gasteiger partial charge in [0.2, 0.25) is 0 Å². The molecule has 1 rings (SSSR count). The first-order valence-electron chi connectivity index (χ1n) is 6.05. The van der Waals surface area contributed by atoms with E-state index in [1.165, 1.54) is 5.56 Å². The Labute approximate surface area is 117 Å². The lowest BCUT2D eigenvalue weighted by molar-refractivity contribution is 0.0784. The van der Waals surface area contributed by atoms with E-state index in [-0.39, 0.29) is 10.7 Å². The van der Waals surface area contributed by atoms with Gasteiger partial charge in [0.1, 0.15) is 0 Å². The SMILES string of the molecule is CCc1ccc(C(=O)N(C)CC(Br)COC)cc1. The Balaban J connectivity index is 2.62. The molecule has 1 aromatic carbocycles. The van der Waals surface area contributed by atoms with Gasteiger partial charge in [-0.2, -0.15) is 0 Å². The predicted octanol–water partition coefficient (Wildman–Crippen LogP) is 2.73. The first-order chi connectivity index (χ1) is 8.58. The summed E-state index contributed by atoms with van der Waals surface area (Å²) in [6.07, 6.45) is 0.988. The molecule has 0 aliphatic rings. The maximum Gasteiger partial charge on any atom is 0.253 e. The number of amides is 1. The summed E-state index contributed by atoms with van der Waals surface area (Å²) in [7, 11) is 3.46. The molecule has 0 aromatic heterocycles. The first kappa shape index (κ1) is 15.2. The fraction of sp³-hybridized carbons (Fsp3) is 0.500. The van der Waals surface area contributed by atoms with Crippen molar-refractivity contribution in [3.8, 4) is 0 Å². The highest BCUT2D eigenvalue weighted by Gasteiger charge is 2.15. The van der Waals surface area contributed by atoms with Crippen molar-refractivity contribution >= 4 is 21.8 Å². The third-order valence-corrected chi connectivity index (χ3v) is 3.33. The molecule has 0 spiro atoms. The van der Waals surface area contributed by atoms with E-state index in [0.717, 1.165) is 12.0 Å². The Morgan fingerprint density at radius 3 is 2.50 bits per heavy atom. The molecule has 0 bridgehead atoms. The zero-order valence-electron chi connectivity index (χ0n) is 11.1. The lowest BCUT2D eigenvalue weighted by Gasteiger charge is -2.20. The lowest BCUT2D eigenvalue weighted by atomic mass is 10.1. The van der Waals surface area contributed by atoms with Crippen molar-refractivity contribution < 1.29 is 9.53 Å². The number of rotatable bonds is 6. The zero-order chi connectivity index (χ0) is 13.5. The summed E-state index contributed by atoms with van der Waals surface area (Å²) in [5, 5.41) is 0. The summed E-state index contributed by atoms with van der Waals surface area (Å²) in [6.45, 7) is 3.32. The van der Waals surface area contributed by atoms with Gasteiger partial charge < -0.3 is 9.64 Å². The van der Waals surface area contributed by atoms with E-state index in [1.807, 2.05) is 24.3 Å². The highest BCUT2D eigenvalue weighted by Crippen LogP contribution is 2.09. The number of carbonyl (C=O) groups is 1. The van der Waals surface area contributed by atoms with Crippen molar-refractivity contribution in [3.05, 3.63) is 35.4 Å². The van der Waals surface area contributed by atoms with E-state index < -0.39 is 0 Å². The quantitative estimate of drug-likeness (QED) is 0.756. The average molecular weight is 314 g/mol. The van der Waals surface area contributed by atoms with E-state index in [2.05, 4.69) is 22.9 Å². The molecule has 18 heavy (non-hydrogen) atoms. The number of halogens is 1. The number of methoxy groups -OCH3 is 1. The van der Waals surface area contributed by atoms with E-state index in [4.69, 9.17) is 4.74 Å². The Kier molecular flexibility index (Phi) is 6.36. The van der Waals surface area contributed by atoms with Gasteiger partial charge in [0.25, 0.3) is 5.91 Å². The number of ether oxygens (including phenoxy) is 1. The second-order valence-electron chi connectivity index (χ2n) is 4.29. The normalized spacial score (nSPS) is 12.2. The smallest absolute Gasteiger partial charge is 0.253 e. The topological polar surface area (TPSA) is 29.5 Å². The minimum Gasteiger partial charge on any atom is -0.383 e. The number of hydrogen-bond donors (Lipinski definition) is 0. The second kappa shape index (κ2) is 7.54. The molecule has 1 amide bonds. The van der Waals surface area contributed by atoms with Crippen LogP contribution in [0.3, 0.4) is 0 Å². The second-order valence-corrected chi connectivity index (χ2v) is 5.58. The predicted molar refractivity (Wildman–Crippen MR) is 77.4 cm³/mol. The standard InChI is InChI=1S/C14H20BrNO2/c1-4-11-5-7-12(8-6-11)14(17)16(2)9-13(15)10-18-3/h5-8,13H,4,9-10H2,1-3H3. The number of alkyl halides is 1. The molecular weight excluding hydrogens is 294 g/mol. The van der Waals surface area contributed by atoms with Gasteiger partial charge >= 0.3 is 0 Å². The Morgan fingerprint density at radius 2 is 2.00 bits per heavy atom. The summed E-state index contributed by atoms with van der Waals surface area (Å²) < 4.78 is 5.04. The van der Waals surface area contributed by atoms with Gasteiger partial charge in [0, 0.05) is 26.3 Å². The summed E-state index contributed by atoms with van der Waals surface area (Å²) in [5.74, 6) is 0.0400. The third-order valence-electron chi connectivity index (χ3n) is 2.78. The van der Waals surface area contributed by atoms with Crippen molar-refractivity contribution in [2.24, 2.45) is 0 Å². The molecule has 3 nitrogen and oxygen atoms in total. The van der Waals surface area contributed by atoms with Crippen LogP contribution in [-0.4, -0.2) is 42.9 Å². The summed E-state index contributed by atoms with van der Waals surface area (Å²) in [4.78, 5) is 14.0. The van der Waals surface area contributed by atoms with E-state index in [9.17, 15) is 4.79 Å². The van der Waals surface area contributed by atoms with Gasteiger partial charge in [-0.25, -0.2) is 0 Å². The lowest BCUT2D eigenvalue weighted by Crippen LogP contribution is -2.33. The molecule has 0 aliphatic heterocycles. The van der Waals surface area contributed by atoms with Crippen molar-refractivity contribution in [1.82, 2.24) is 4.90 Å². The van der Waals surface area contributed by atoms with Crippen LogP contribution in [0.4, 0.5) is 0 Å². The van der Waals surface area contributed by atoms with Gasteiger partial charge in [-0.3, -0.25) is 4.79 Å². The molecule has 0 saturated heterocycles. The minimum atomic E-state index is 0.0400. The van der Waals surface area contributed by atoms with Gasteiger partial charge in [-0.1, -0.05) is 35.0 Å². The maximum atomic E-state index is 12.1. The molecule has 1 unspecified atom stereocenters. The van der Waals surface area contributed by atoms with E-state index in [0.29, 0.717) is 13.2 Å². The monoisotopic (exact) mass is 313 g/mol. The van der Waals surface area contributed by atoms with Crippen LogP contribution in [0.2, 0.25) is 0 Å². The zero-order valence-corrected chi connectivity index (χ0v) is 12.7. The molecule has 100 valence electrons. The Bertz CT molecular complexity index is 378. The molecule has 0 aliphatic carbocycles. The molecule has 0 radical (unpaired) electrons. The number of benzene rings is 1. The van der Waals surface area contributed by atoms with Gasteiger partial charge in [-0.15, -0.1) is 0 Å². The van der Waals surface area contributed by atoms with Crippen LogP contribution >= 0.6 is 15.9 Å². The van der Waals surface area contributed by atoms with Crippen LogP contribution in [0, 0.1) is 0 Å². The highest BCUT2D eigenvalue weighted by molar-refractivity contribution is 9.09. The molecule has 0 N–H and O–H groups in total. The Hall–Kier alpha value is -0.870. The van der Waals surface area contributed by atoms with E-state index >= 15 is 0 Å². The fourth-order valence-corrected chi connectivity index (χ4v) is 2.42. The van der Waals surface area contributed by atoms with Crippen molar-refractivity contribution in [1.29, 1.82) is 0 Å². The molecule has 1 atom stereocenters. The summed E-state index contributed by atoms with van der Waals surface area (Å²) in [6, 6.07) is 7.78. The average Bonchev–Trinajstić information content (AvgIpc) is 2.38. The molecule has 0 heterocycles. The summed E-state index contributed by atoms with van der Waals surface area (Å²) >= 11 is 3.48. The van der Waals surface area contributed by atoms with E-state index in [1.54, 1.807) is 19.1 Å². The first-order valence-corrected chi connectivity index (χ1v) is 6.97. The number of aryl methyl sites for hydroxylation is 1. The van der Waals surface area contributed by atoms with Crippen molar-refractivity contribution in [3.63, 3.8) is 0 Å². The van der Waals surface area contributed by atoms with Crippen LogP contribution in [-0.2, 0) is 11.2 Å². The van der Waals surface area contributed by atoms with Crippen molar-refractivity contribution in [2.45, 2.75) is 18.2 Å². The molecule has 1 aromatic rings. The van der Waals surface area contributed by atoms with Crippen LogP contribution < -0.4 is 0 Å². The van der Waals surface area contributed by atoms with Gasteiger partial charge in [-0.05, 0) is 24.1 Å². The summed E-state index contributed by atoms with van der Waals surface area (Å²) in [5.41, 5.74) is 1.97. The molecule has 4 heteroatoms. The van der Waals surface area contributed by atoms with Gasteiger partial charge in [0.15, 0.2) is 0 Å². The maximum absolute atomic E-state index is 12.1. The van der Waals surface area contributed by atoms with Crippen molar-refractivity contribution in [2.75, 3.05) is 27.3 Å². The van der Waals surface area contributed by atoms with Gasteiger partial charge in [0.05, 0.1) is 11.4 Å². The molecule has 0 fully saturated rings. The largest absolute Gasteiger partial charge is 0.383 e. The number of hydrogen-bond acceptors (Lipinski definition) is 2.